The number of hydrogen-bond acceptors (Lipinski definition) is 0. The van der Waals surface area contributed by atoms with Crippen molar-refractivity contribution in [2.75, 3.05) is 0 Å². The van der Waals surface area contributed by atoms with Crippen LogP contribution in [0.3, 0.4) is 0 Å². The molecule has 0 saturated carbocycles. The number of fused-ring (bicyclic) bond motifs is 10. The van der Waals surface area contributed by atoms with E-state index in [1.807, 2.05) is 6.07 Å². The van der Waals surface area contributed by atoms with E-state index in [0.717, 1.165) is 66.8 Å². The summed E-state index contributed by atoms with van der Waals surface area (Å²) < 4.78 is 46.3. The van der Waals surface area contributed by atoms with Crippen LogP contribution in [0.15, 0.2) is 273 Å². The van der Waals surface area contributed by atoms with Gasteiger partial charge >= 0.3 is 0 Å². The van der Waals surface area contributed by atoms with E-state index >= 15 is 0 Å². The van der Waals surface area contributed by atoms with Crippen molar-refractivity contribution in [1.29, 1.82) is 0 Å². The zero-order valence-electron chi connectivity index (χ0n) is 66.1. The molecular weight excluding hydrogens is 1230 g/mol. The lowest BCUT2D eigenvalue weighted by atomic mass is 9.59. The van der Waals surface area contributed by atoms with Gasteiger partial charge in [-0.1, -0.05) is 343 Å². The second kappa shape index (κ2) is 24.0. The van der Waals surface area contributed by atoms with E-state index in [-0.39, 0.29) is 75.1 Å². The van der Waals surface area contributed by atoms with Crippen LogP contribution in [0, 0.1) is 19.3 Å². The second-order valence-electron chi connectivity index (χ2n) is 33.6. The van der Waals surface area contributed by atoms with Crippen molar-refractivity contribution >= 4 is 0 Å². The van der Waals surface area contributed by atoms with E-state index in [9.17, 15) is 2.74 Å². The molecule has 498 valence electrons. The van der Waals surface area contributed by atoms with Crippen molar-refractivity contribution in [1.82, 2.24) is 0 Å². The molecule has 0 aromatic heterocycles. The van der Waals surface area contributed by atoms with Crippen molar-refractivity contribution in [3.63, 3.8) is 0 Å². The fraction of sp³-hybridized carbons (Fsp3) is 0.216. The number of terminal acetylenes is 1. The quantitative estimate of drug-likeness (QED) is 0.133. The molecule has 0 nitrogen and oxygen atoms in total. The second-order valence-corrected chi connectivity index (χ2v) is 33.6. The highest BCUT2D eigenvalue weighted by molar-refractivity contribution is 5.86. The van der Waals surface area contributed by atoms with Gasteiger partial charge in [-0.25, -0.2) is 0 Å². The third kappa shape index (κ3) is 10.9. The Bertz CT molecular complexity index is 5740. The topological polar surface area (TPSA) is 0 Å². The monoisotopic (exact) mass is 1320 g/mol. The maximum absolute atomic E-state index is 9.62. The van der Waals surface area contributed by atoms with Gasteiger partial charge in [0, 0.05) is 35.2 Å². The molecular formula is C102H90. The van der Waals surface area contributed by atoms with Gasteiger partial charge in [-0.05, 0) is 225 Å². The van der Waals surface area contributed by atoms with E-state index in [1.165, 1.54) is 106 Å². The highest BCUT2D eigenvalue weighted by Gasteiger charge is 2.45. The van der Waals surface area contributed by atoms with Crippen LogP contribution in [0.2, 0.25) is 0 Å². The van der Waals surface area contributed by atoms with E-state index in [2.05, 4.69) is 333 Å². The zero-order chi connectivity index (χ0) is 74.8. The van der Waals surface area contributed by atoms with E-state index in [4.69, 9.17) is 10.5 Å². The van der Waals surface area contributed by atoms with Gasteiger partial charge in [-0.3, -0.25) is 0 Å². The van der Waals surface area contributed by atoms with Gasteiger partial charge in [0.05, 0.1) is 6.85 Å². The predicted molar refractivity (Wildman–Crippen MR) is 430 cm³/mol. The lowest BCUT2D eigenvalue weighted by Crippen LogP contribution is -2.28. The summed E-state index contributed by atoms with van der Waals surface area (Å²) in [4.78, 5) is 0. The van der Waals surface area contributed by atoms with E-state index in [1.54, 1.807) is 0 Å². The average molecular weight is 1320 g/mol. The molecule has 0 fully saturated rings. The maximum Gasteiger partial charge on any atom is 0.0629 e. The molecule has 3 unspecified atom stereocenters. The zero-order valence-corrected chi connectivity index (χ0v) is 61.1. The maximum atomic E-state index is 9.62. The molecule has 3 atom stereocenters. The van der Waals surface area contributed by atoms with Crippen LogP contribution in [0.1, 0.15) is 236 Å². The smallest absolute Gasteiger partial charge is 0.0629 e. The summed E-state index contributed by atoms with van der Waals surface area (Å²) in [5, 5.41) is 0. The van der Waals surface area contributed by atoms with Crippen molar-refractivity contribution < 1.29 is 6.85 Å². The van der Waals surface area contributed by atoms with Gasteiger partial charge in [0.25, 0.3) is 0 Å². The van der Waals surface area contributed by atoms with Gasteiger partial charge in [0.2, 0.25) is 0 Å². The Labute approximate surface area is 613 Å². The minimum Gasteiger partial charge on any atom is -0.115 e. The third-order valence-electron chi connectivity index (χ3n) is 23.0. The molecule has 17 rings (SSSR count). The summed E-state index contributed by atoms with van der Waals surface area (Å²) in [5.41, 5.74) is 36.5. The molecule has 0 saturated heterocycles. The summed E-state index contributed by atoms with van der Waals surface area (Å²) in [6.45, 7) is 30.0. The molecule has 0 bridgehead atoms. The molecule has 13 aromatic carbocycles. The molecule has 0 heteroatoms. The minimum absolute atomic E-state index is 0.0719. The van der Waals surface area contributed by atoms with Gasteiger partial charge in [0.1, 0.15) is 0 Å². The first-order valence-electron chi connectivity index (χ1n) is 39.1. The van der Waals surface area contributed by atoms with Crippen LogP contribution >= 0.6 is 0 Å². The largest absolute Gasteiger partial charge is 0.115 e. The standard InChI is InChI=1S/C102H90/c1-15-76-79(95-81-33-24-22-31-77(81)78-32-23-25-34-82(78)95)35-26-36-80(76)96-90-54-65(62-27-18-16-19-28-62)41-45-86(90)97-85-46-42-66(93-83-47-43-72(99(3,4)5)59-87(83)88-60-73(100(6,7)8)44-48-84(88)93)55-89(85)94(71-50-67(63-29-20-17-21-30-63)49-68(51-71)64-39-37-61(2)38-40-64)91-56-70(57-92(96)98(91)97)69-52-74(101(9,10)11)58-75(53-69)102(12,13)14/h1,16-60,93-97H,2-14H3/i16D,18D,19D,27D,28D. The average Bonchev–Trinajstić information content (AvgIpc) is 1.26. The Balaban J connectivity index is 1.02. The number of aryl methyl sites for hydroxylation is 1. The first-order chi connectivity index (χ1) is 51.0. The Kier molecular flexibility index (Phi) is 13.9. The van der Waals surface area contributed by atoms with Crippen LogP contribution < -0.4 is 0 Å². The summed E-state index contributed by atoms with van der Waals surface area (Å²) >= 11 is 0. The minimum atomic E-state index is -0.534. The van der Waals surface area contributed by atoms with Crippen molar-refractivity contribution in [2.45, 2.75) is 141 Å². The normalized spacial score (nSPS) is 16.6. The van der Waals surface area contributed by atoms with Crippen LogP contribution in [0.5, 0.6) is 0 Å². The molecule has 0 aliphatic heterocycles. The Morgan fingerprint density at radius 3 is 1.26 bits per heavy atom. The summed E-state index contributed by atoms with van der Waals surface area (Å²) in [7, 11) is 0. The van der Waals surface area contributed by atoms with Gasteiger partial charge in [-0.15, -0.1) is 6.42 Å². The molecule has 0 radical (unpaired) electrons. The summed E-state index contributed by atoms with van der Waals surface area (Å²) in [6.07, 6.45) is 7.26. The fourth-order valence-corrected chi connectivity index (χ4v) is 17.6. The lowest BCUT2D eigenvalue weighted by Gasteiger charge is -2.43. The number of benzene rings is 13. The van der Waals surface area contributed by atoms with Crippen molar-refractivity contribution in [3.05, 3.63) is 390 Å². The molecule has 0 N–H and O–H groups in total. The highest BCUT2D eigenvalue weighted by Crippen LogP contribution is 2.61. The fourth-order valence-electron chi connectivity index (χ4n) is 17.6. The molecule has 13 aromatic rings. The van der Waals surface area contributed by atoms with Crippen molar-refractivity contribution in [2.24, 2.45) is 0 Å². The Morgan fingerprint density at radius 1 is 0.275 bits per heavy atom. The number of rotatable bonds is 8. The molecule has 0 heterocycles. The molecule has 0 amide bonds. The summed E-state index contributed by atoms with van der Waals surface area (Å²) in [5.74, 6) is 1.98. The molecule has 4 aliphatic rings. The predicted octanol–water partition coefficient (Wildman–Crippen LogP) is 26.3. The molecule has 4 aliphatic carbocycles. The lowest BCUT2D eigenvalue weighted by molar-refractivity contribution is 0.569. The van der Waals surface area contributed by atoms with Crippen LogP contribution in [0.4, 0.5) is 0 Å². The number of hydrogen-bond donors (Lipinski definition) is 0. The Hall–Kier alpha value is -10.6. The Morgan fingerprint density at radius 2 is 0.706 bits per heavy atom. The van der Waals surface area contributed by atoms with E-state index in [0.29, 0.717) is 5.56 Å². The van der Waals surface area contributed by atoms with Gasteiger partial charge in [0.15, 0.2) is 0 Å². The molecule has 102 heavy (non-hydrogen) atoms. The van der Waals surface area contributed by atoms with Crippen LogP contribution in [0.25, 0.3) is 66.8 Å². The summed E-state index contributed by atoms with van der Waals surface area (Å²) in [6, 6.07) is 90.5. The first kappa shape index (κ1) is 59.1. The molecule has 0 spiro atoms. The van der Waals surface area contributed by atoms with Crippen LogP contribution in [-0.4, -0.2) is 0 Å². The first-order valence-corrected chi connectivity index (χ1v) is 36.6. The van der Waals surface area contributed by atoms with Crippen molar-refractivity contribution in [3.8, 4) is 79.1 Å². The van der Waals surface area contributed by atoms with E-state index < -0.39 is 12.0 Å². The van der Waals surface area contributed by atoms with Gasteiger partial charge in [-0.2, -0.15) is 0 Å². The highest BCUT2D eigenvalue weighted by atomic mass is 14.5. The third-order valence-corrected chi connectivity index (χ3v) is 23.0. The van der Waals surface area contributed by atoms with Gasteiger partial charge < -0.3 is 0 Å². The SMILES string of the molecule is [2H]c1c([2H])c([2H])c(-c2ccc3c(c2)C(c2cccc(C4c5ccccc5-c5ccccc54)c2C#C)c2cc(-c4cc(C(C)(C)C)cc(C(C)(C)C)c4)cc4c2C3c2ccc(C3c5ccc(C(C)(C)C)cc5-c5cc(C(C)(C)C)ccc53)cc2C4c2cc(-c3ccccc3)cc(-c3ccc(C)cc3)c2)c([2H])c1[2H]. The van der Waals surface area contributed by atoms with Crippen LogP contribution in [-0.2, 0) is 21.7 Å².